The number of fused-ring (bicyclic) bond motifs is 1. The predicted molar refractivity (Wildman–Crippen MR) is 108 cm³/mol. The van der Waals surface area contributed by atoms with E-state index in [2.05, 4.69) is 10.1 Å². The molecule has 0 radical (unpaired) electrons. The molecule has 3 heterocycles. The molecule has 0 aliphatic carbocycles. The van der Waals surface area contributed by atoms with Crippen molar-refractivity contribution in [2.75, 3.05) is 0 Å². The molecule has 3 aromatic rings. The van der Waals surface area contributed by atoms with E-state index in [0.717, 1.165) is 49.7 Å². The van der Waals surface area contributed by atoms with Crippen molar-refractivity contribution >= 4 is 17.5 Å². The van der Waals surface area contributed by atoms with Crippen molar-refractivity contribution in [1.29, 1.82) is 0 Å². The molecule has 12 heteroatoms. The molecule has 0 saturated heterocycles. The van der Waals surface area contributed by atoms with Gasteiger partial charge in [0.05, 0.1) is 11.3 Å². The third kappa shape index (κ3) is 6.25. The normalized spacial score (nSPS) is 13.7. The fraction of sp³-hybridized carbons (Fsp3) is 0.286. The summed E-state index contributed by atoms with van der Waals surface area (Å²) in [6, 6.07) is 6.95. The monoisotopic (exact) mass is 490 g/mol. The Bertz CT molecular complexity index is 1130. The molecule has 176 valence electrons. The fourth-order valence-electron chi connectivity index (χ4n) is 3.20. The topological polar surface area (TPSA) is 73.8 Å². The van der Waals surface area contributed by atoms with Gasteiger partial charge in [-0.3, -0.25) is 14.5 Å². The summed E-state index contributed by atoms with van der Waals surface area (Å²) in [6.07, 6.45) is -4.67. The first-order chi connectivity index (χ1) is 15.3. The summed E-state index contributed by atoms with van der Waals surface area (Å²) in [5, 5.41) is 4.19. The third-order valence-electron chi connectivity index (χ3n) is 4.77. The molecule has 0 bridgehead atoms. The van der Waals surface area contributed by atoms with Gasteiger partial charge in [-0.1, -0.05) is 11.6 Å². The zero-order valence-corrected chi connectivity index (χ0v) is 17.6. The summed E-state index contributed by atoms with van der Waals surface area (Å²) >= 11 is 5.39. The van der Waals surface area contributed by atoms with Gasteiger partial charge in [0.1, 0.15) is 5.69 Å². The van der Waals surface area contributed by atoms with Crippen LogP contribution >= 0.6 is 11.6 Å². The van der Waals surface area contributed by atoms with Crippen LogP contribution in [0.1, 0.15) is 40.2 Å². The number of halogens is 7. The number of primary amides is 1. The van der Waals surface area contributed by atoms with Gasteiger partial charge in [-0.15, -0.1) is 0 Å². The fourth-order valence-corrected chi connectivity index (χ4v) is 3.43. The Balaban J connectivity index is 0.000000196. The largest absolute Gasteiger partial charge is 0.433 e. The van der Waals surface area contributed by atoms with Crippen LogP contribution in [0.2, 0.25) is 5.02 Å². The van der Waals surface area contributed by atoms with Gasteiger partial charge in [-0.25, -0.2) is 0 Å². The van der Waals surface area contributed by atoms with Gasteiger partial charge >= 0.3 is 12.4 Å². The number of carbonyl (C=O) groups is 1. The summed E-state index contributed by atoms with van der Waals surface area (Å²) in [4.78, 5) is 14.0. The highest BCUT2D eigenvalue weighted by Crippen LogP contribution is 2.32. The maximum Gasteiger partial charge on any atom is 0.433 e. The highest BCUT2D eigenvalue weighted by molar-refractivity contribution is 6.31. The maximum absolute atomic E-state index is 12.6. The first-order valence-electron chi connectivity index (χ1n) is 9.62. The number of amides is 1. The van der Waals surface area contributed by atoms with Gasteiger partial charge in [0.15, 0.2) is 0 Å². The third-order valence-corrected chi connectivity index (χ3v) is 4.99. The number of nitrogens with zero attached hydrogens (tertiary/aromatic N) is 3. The Morgan fingerprint density at radius 2 is 1.73 bits per heavy atom. The average molecular weight is 491 g/mol. The second-order valence-corrected chi connectivity index (χ2v) is 7.66. The molecule has 0 unspecified atom stereocenters. The molecule has 4 rings (SSSR count). The number of rotatable bonds is 2. The number of pyridine rings is 1. The summed E-state index contributed by atoms with van der Waals surface area (Å²) in [5.74, 6) is -0.946. The van der Waals surface area contributed by atoms with Crippen LogP contribution in [0.4, 0.5) is 26.3 Å². The van der Waals surface area contributed by atoms with Gasteiger partial charge in [0.25, 0.3) is 0 Å². The summed E-state index contributed by atoms with van der Waals surface area (Å²) in [5.41, 5.74) is 4.84. The van der Waals surface area contributed by atoms with Crippen molar-refractivity contribution in [1.82, 2.24) is 14.8 Å². The lowest BCUT2D eigenvalue weighted by Crippen LogP contribution is -2.13. The number of aryl methyl sites for hydroxylation is 2. The van der Waals surface area contributed by atoms with Gasteiger partial charge < -0.3 is 5.73 Å². The molecule has 2 aromatic heterocycles. The Hall–Kier alpha value is -3.08. The minimum absolute atomic E-state index is 0.173. The van der Waals surface area contributed by atoms with Crippen molar-refractivity contribution in [3.05, 3.63) is 70.1 Å². The van der Waals surface area contributed by atoms with E-state index in [0.29, 0.717) is 17.3 Å². The standard InChI is InChI=1S/C13H12F3N3.C8H5ClF3NO/c14-13(15,16)12-7-9(4-5-17-12)11-8-10-3-1-2-6-19(10)18-11;9-6-2-4(7(13)14)1-5(3-6)8(10,11)12/h4-5,7-8H,1-3,6H2;1-3H,(H2,13,14). The minimum Gasteiger partial charge on any atom is -0.366 e. The van der Waals surface area contributed by atoms with E-state index in [1.54, 1.807) is 6.07 Å². The van der Waals surface area contributed by atoms with Gasteiger partial charge in [0, 0.05) is 34.6 Å². The zero-order valence-electron chi connectivity index (χ0n) is 16.8. The molecule has 1 aliphatic heterocycles. The maximum atomic E-state index is 12.6. The van der Waals surface area contributed by atoms with E-state index in [9.17, 15) is 31.1 Å². The number of alkyl halides is 6. The van der Waals surface area contributed by atoms with Crippen molar-refractivity contribution < 1.29 is 31.1 Å². The molecule has 0 saturated carbocycles. The number of hydrogen-bond donors (Lipinski definition) is 1. The van der Waals surface area contributed by atoms with Crippen LogP contribution in [0.15, 0.2) is 42.6 Å². The van der Waals surface area contributed by atoms with E-state index in [1.807, 2.05) is 10.7 Å². The van der Waals surface area contributed by atoms with Crippen molar-refractivity contribution in [2.45, 2.75) is 38.2 Å². The van der Waals surface area contributed by atoms with Gasteiger partial charge in [-0.2, -0.15) is 31.4 Å². The number of benzene rings is 1. The smallest absolute Gasteiger partial charge is 0.366 e. The Morgan fingerprint density at radius 3 is 2.33 bits per heavy atom. The molecule has 0 spiro atoms. The number of hydrogen-bond acceptors (Lipinski definition) is 3. The molecule has 1 aliphatic rings. The summed E-state index contributed by atoms with van der Waals surface area (Å²) in [6.45, 7) is 0.840. The van der Waals surface area contributed by atoms with Crippen LogP contribution in [-0.2, 0) is 25.3 Å². The van der Waals surface area contributed by atoms with Crippen LogP contribution in [0.3, 0.4) is 0 Å². The molecular formula is C21H17ClF6N4O. The molecule has 1 amide bonds. The molecule has 1 aromatic carbocycles. The number of nitrogens with two attached hydrogens (primary N) is 1. The van der Waals surface area contributed by atoms with E-state index >= 15 is 0 Å². The van der Waals surface area contributed by atoms with E-state index in [1.165, 1.54) is 6.20 Å². The Morgan fingerprint density at radius 1 is 1.00 bits per heavy atom. The molecule has 33 heavy (non-hydrogen) atoms. The summed E-state index contributed by atoms with van der Waals surface area (Å²) < 4.78 is 76.4. The molecule has 2 N–H and O–H groups in total. The Kier molecular flexibility index (Phi) is 7.01. The van der Waals surface area contributed by atoms with Crippen LogP contribution < -0.4 is 5.73 Å². The lowest BCUT2D eigenvalue weighted by Gasteiger charge is -2.11. The first kappa shape index (κ1) is 24.6. The van der Waals surface area contributed by atoms with Crippen molar-refractivity contribution in [2.24, 2.45) is 5.73 Å². The zero-order chi connectivity index (χ0) is 24.4. The number of aromatic nitrogens is 3. The Labute approximate surface area is 189 Å². The molecular weight excluding hydrogens is 474 g/mol. The quantitative estimate of drug-likeness (QED) is 0.464. The van der Waals surface area contributed by atoms with Gasteiger partial charge in [0.2, 0.25) is 5.91 Å². The van der Waals surface area contributed by atoms with Crippen molar-refractivity contribution in [3.63, 3.8) is 0 Å². The van der Waals surface area contributed by atoms with Crippen LogP contribution in [-0.4, -0.2) is 20.7 Å². The molecule has 0 atom stereocenters. The highest BCUT2D eigenvalue weighted by atomic mass is 35.5. The summed E-state index contributed by atoms with van der Waals surface area (Å²) in [7, 11) is 0. The second kappa shape index (κ2) is 9.42. The van der Waals surface area contributed by atoms with E-state index in [-0.39, 0.29) is 10.6 Å². The van der Waals surface area contributed by atoms with Crippen LogP contribution in [0.25, 0.3) is 11.3 Å². The van der Waals surface area contributed by atoms with Crippen molar-refractivity contribution in [3.8, 4) is 11.3 Å². The lowest BCUT2D eigenvalue weighted by atomic mass is 10.1. The average Bonchev–Trinajstić information content (AvgIpc) is 3.17. The predicted octanol–water partition coefficient (Wildman–Crippen LogP) is 5.76. The van der Waals surface area contributed by atoms with Crippen LogP contribution in [0, 0.1) is 0 Å². The number of carbonyl (C=O) groups excluding carboxylic acids is 1. The highest BCUT2D eigenvalue weighted by Gasteiger charge is 2.33. The lowest BCUT2D eigenvalue weighted by molar-refractivity contribution is -0.141. The SMILES string of the molecule is FC(F)(F)c1cc(-c2cc3n(n2)CCCC3)ccn1.NC(=O)c1cc(Cl)cc(C(F)(F)F)c1. The van der Waals surface area contributed by atoms with E-state index < -0.39 is 29.5 Å². The minimum atomic E-state index is -4.53. The second-order valence-electron chi connectivity index (χ2n) is 7.22. The van der Waals surface area contributed by atoms with Gasteiger partial charge in [-0.05, 0) is 55.7 Å². The van der Waals surface area contributed by atoms with E-state index in [4.69, 9.17) is 17.3 Å². The first-order valence-corrected chi connectivity index (χ1v) is 10.0. The molecule has 0 fully saturated rings. The molecule has 5 nitrogen and oxygen atoms in total. The van der Waals surface area contributed by atoms with Crippen LogP contribution in [0.5, 0.6) is 0 Å².